The number of amides is 1. The van der Waals surface area contributed by atoms with Gasteiger partial charge in [-0.3, -0.25) is 4.79 Å². The van der Waals surface area contributed by atoms with Crippen molar-refractivity contribution in [2.75, 3.05) is 31.6 Å². The van der Waals surface area contributed by atoms with Crippen molar-refractivity contribution in [2.45, 2.75) is 20.3 Å². The molecule has 0 aliphatic carbocycles. The molecule has 0 saturated carbocycles. The predicted molar refractivity (Wildman–Crippen MR) is 73.8 cm³/mol. The van der Waals surface area contributed by atoms with E-state index in [0.717, 1.165) is 12.1 Å². The van der Waals surface area contributed by atoms with Gasteiger partial charge >= 0.3 is 0 Å². The maximum atomic E-state index is 13.8. The molecular weight excluding hydrogens is 266 g/mol. The summed E-state index contributed by atoms with van der Waals surface area (Å²) in [6.45, 7) is 4.37. The van der Waals surface area contributed by atoms with Crippen LogP contribution in [-0.2, 0) is 0 Å². The molecule has 0 aliphatic heterocycles. The molecule has 1 aromatic rings. The molecule has 0 radical (unpaired) electrons. The number of aliphatic hydroxyl groups is 1. The van der Waals surface area contributed by atoms with Crippen molar-refractivity contribution in [3.8, 4) is 0 Å². The first-order chi connectivity index (χ1) is 9.54. The van der Waals surface area contributed by atoms with Gasteiger partial charge in [-0.2, -0.15) is 0 Å². The smallest absolute Gasteiger partial charge is 0.254 e. The largest absolute Gasteiger partial charge is 0.395 e. The fraction of sp³-hybridized carbons (Fsp3) is 0.500. The molecule has 4 nitrogen and oxygen atoms in total. The Morgan fingerprint density at radius 3 is 2.30 bits per heavy atom. The fourth-order valence-corrected chi connectivity index (χ4v) is 1.93. The van der Waals surface area contributed by atoms with Crippen LogP contribution in [0.5, 0.6) is 0 Å². The van der Waals surface area contributed by atoms with Crippen LogP contribution in [0.1, 0.15) is 30.6 Å². The van der Waals surface area contributed by atoms with Crippen molar-refractivity contribution in [3.05, 3.63) is 29.3 Å². The Bertz CT molecular complexity index is 437. The lowest BCUT2D eigenvalue weighted by atomic mass is 10.1. The Balaban J connectivity index is 3.03. The highest BCUT2D eigenvalue weighted by atomic mass is 19.1. The van der Waals surface area contributed by atoms with E-state index >= 15 is 0 Å². The number of hydrogen-bond acceptors (Lipinski definition) is 3. The second-order valence-corrected chi connectivity index (χ2v) is 4.36. The first-order valence-electron chi connectivity index (χ1n) is 6.68. The lowest BCUT2D eigenvalue weighted by Crippen LogP contribution is -2.34. The summed E-state index contributed by atoms with van der Waals surface area (Å²) in [7, 11) is 0. The number of halogens is 2. The molecule has 6 heteroatoms. The summed E-state index contributed by atoms with van der Waals surface area (Å²) >= 11 is 0. The van der Waals surface area contributed by atoms with Gasteiger partial charge in [0, 0.05) is 25.2 Å². The summed E-state index contributed by atoms with van der Waals surface area (Å²) in [5, 5.41) is 11.5. The highest BCUT2D eigenvalue weighted by molar-refractivity contribution is 5.94. The molecule has 0 saturated heterocycles. The van der Waals surface area contributed by atoms with E-state index in [1.165, 1.54) is 4.90 Å². The second kappa shape index (κ2) is 7.79. The second-order valence-electron chi connectivity index (χ2n) is 4.36. The predicted octanol–water partition coefficient (Wildman–Crippen LogP) is 2.24. The topological polar surface area (TPSA) is 52.6 Å². The van der Waals surface area contributed by atoms with Gasteiger partial charge in [-0.1, -0.05) is 6.92 Å². The van der Waals surface area contributed by atoms with E-state index in [2.05, 4.69) is 5.32 Å². The van der Waals surface area contributed by atoms with Crippen LogP contribution in [0.4, 0.5) is 14.5 Å². The van der Waals surface area contributed by atoms with Crippen molar-refractivity contribution in [1.29, 1.82) is 0 Å². The van der Waals surface area contributed by atoms with E-state index in [0.29, 0.717) is 19.5 Å². The number of carbonyl (C=O) groups excluding carboxylic acids is 1. The zero-order valence-corrected chi connectivity index (χ0v) is 11.7. The summed E-state index contributed by atoms with van der Waals surface area (Å²) in [4.78, 5) is 13.5. The van der Waals surface area contributed by atoms with Gasteiger partial charge in [0.15, 0.2) is 0 Å². The SMILES string of the molecule is CCCN(CCO)C(=O)c1cc(F)c(NCC)c(F)c1. The van der Waals surface area contributed by atoms with Crippen LogP contribution in [0.15, 0.2) is 12.1 Å². The van der Waals surface area contributed by atoms with Crippen LogP contribution in [0.2, 0.25) is 0 Å². The lowest BCUT2D eigenvalue weighted by Gasteiger charge is -2.21. The average molecular weight is 286 g/mol. The Kier molecular flexibility index (Phi) is 6.38. The van der Waals surface area contributed by atoms with Crippen LogP contribution >= 0.6 is 0 Å². The quantitative estimate of drug-likeness (QED) is 0.808. The monoisotopic (exact) mass is 286 g/mol. The third kappa shape index (κ3) is 3.90. The Labute approximate surface area is 117 Å². The van der Waals surface area contributed by atoms with E-state index < -0.39 is 17.5 Å². The molecule has 1 aromatic carbocycles. The number of anilines is 1. The van der Waals surface area contributed by atoms with E-state index in [4.69, 9.17) is 5.11 Å². The Morgan fingerprint density at radius 1 is 1.25 bits per heavy atom. The van der Waals surface area contributed by atoms with Gasteiger partial charge in [0.25, 0.3) is 5.91 Å². The van der Waals surface area contributed by atoms with Gasteiger partial charge in [0.2, 0.25) is 0 Å². The first kappa shape index (κ1) is 16.4. The Morgan fingerprint density at radius 2 is 1.85 bits per heavy atom. The van der Waals surface area contributed by atoms with Gasteiger partial charge in [0.1, 0.15) is 17.3 Å². The van der Waals surface area contributed by atoms with E-state index in [1.807, 2.05) is 6.92 Å². The molecule has 1 amide bonds. The van der Waals surface area contributed by atoms with Gasteiger partial charge in [-0.15, -0.1) is 0 Å². The Hall–Kier alpha value is -1.69. The number of nitrogens with zero attached hydrogens (tertiary/aromatic N) is 1. The highest BCUT2D eigenvalue weighted by Crippen LogP contribution is 2.21. The molecule has 0 fully saturated rings. The molecule has 0 heterocycles. The summed E-state index contributed by atoms with van der Waals surface area (Å²) in [5.74, 6) is -2.08. The zero-order chi connectivity index (χ0) is 15.1. The minimum Gasteiger partial charge on any atom is -0.395 e. The van der Waals surface area contributed by atoms with Crippen molar-refractivity contribution in [1.82, 2.24) is 4.90 Å². The molecule has 0 atom stereocenters. The molecule has 0 spiro atoms. The molecule has 2 N–H and O–H groups in total. The zero-order valence-electron chi connectivity index (χ0n) is 11.7. The van der Waals surface area contributed by atoms with Crippen LogP contribution in [0.25, 0.3) is 0 Å². The fourth-order valence-electron chi connectivity index (χ4n) is 1.93. The average Bonchev–Trinajstić information content (AvgIpc) is 2.41. The molecule has 20 heavy (non-hydrogen) atoms. The van der Waals surface area contributed by atoms with Gasteiger partial charge in [0.05, 0.1) is 6.61 Å². The molecule has 0 bridgehead atoms. The summed E-state index contributed by atoms with van der Waals surface area (Å²) in [6, 6.07) is 2.03. The molecule has 0 unspecified atom stereocenters. The molecule has 1 rings (SSSR count). The number of nitrogens with one attached hydrogen (secondary N) is 1. The molecule has 0 aromatic heterocycles. The molecule has 112 valence electrons. The van der Waals surface area contributed by atoms with Crippen molar-refractivity contribution >= 4 is 11.6 Å². The number of hydrogen-bond donors (Lipinski definition) is 2. The maximum absolute atomic E-state index is 13.8. The summed E-state index contributed by atoms with van der Waals surface area (Å²) in [6.07, 6.45) is 0.701. The molecule has 0 aliphatic rings. The first-order valence-corrected chi connectivity index (χ1v) is 6.68. The highest BCUT2D eigenvalue weighted by Gasteiger charge is 2.19. The van der Waals surface area contributed by atoms with Crippen molar-refractivity contribution in [3.63, 3.8) is 0 Å². The van der Waals surface area contributed by atoms with Crippen molar-refractivity contribution < 1.29 is 18.7 Å². The van der Waals surface area contributed by atoms with Crippen LogP contribution in [0, 0.1) is 11.6 Å². The number of rotatable bonds is 7. The van der Waals surface area contributed by atoms with Crippen molar-refractivity contribution in [2.24, 2.45) is 0 Å². The third-order valence-electron chi connectivity index (χ3n) is 2.79. The van der Waals surface area contributed by atoms with E-state index in [-0.39, 0.29) is 24.4 Å². The van der Waals surface area contributed by atoms with E-state index in [1.54, 1.807) is 6.92 Å². The number of benzene rings is 1. The minimum atomic E-state index is -0.796. The third-order valence-corrected chi connectivity index (χ3v) is 2.79. The maximum Gasteiger partial charge on any atom is 0.254 e. The number of aliphatic hydroxyl groups excluding tert-OH is 1. The van der Waals surface area contributed by atoms with Crippen LogP contribution in [0.3, 0.4) is 0 Å². The van der Waals surface area contributed by atoms with Gasteiger partial charge in [-0.05, 0) is 25.5 Å². The normalized spacial score (nSPS) is 10.4. The van der Waals surface area contributed by atoms with Crippen LogP contribution in [-0.4, -0.2) is 42.2 Å². The molecular formula is C14H20F2N2O2. The minimum absolute atomic E-state index is 0.0523. The van der Waals surface area contributed by atoms with Gasteiger partial charge < -0.3 is 15.3 Å². The summed E-state index contributed by atoms with van der Waals surface area (Å²) in [5.41, 5.74) is -0.281. The lowest BCUT2D eigenvalue weighted by molar-refractivity contribution is 0.0721. The summed E-state index contributed by atoms with van der Waals surface area (Å²) < 4.78 is 27.5. The van der Waals surface area contributed by atoms with Gasteiger partial charge in [-0.25, -0.2) is 8.78 Å². The van der Waals surface area contributed by atoms with E-state index in [9.17, 15) is 13.6 Å². The standard InChI is InChI=1S/C14H20F2N2O2/c1-3-5-18(6-7-19)14(20)10-8-11(15)13(17-4-2)12(16)9-10/h8-9,17,19H,3-7H2,1-2H3. The number of carbonyl (C=O) groups is 1. The van der Waals surface area contributed by atoms with Crippen LogP contribution < -0.4 is 5.32 Å².